The van der Waals surface area contributed by atoms with Crippen molar-refractivity contribution in [3.8, 4) is 5.75 Å². The molecule has 108 valence electrons. The van der Waals surface area contributed by atoms with Gasteiger partial charge in [-0.05, 0) is 33.3 Å². The number of phenolic OH excluding ortho intramolecular Hbond substituents is 1. The van der Waals surface area contributed by atoms with Gasteiger partial charge in [0, 0.05) is 24.7 Å². The van der Waals surface area contributed by atoms with Crippen molar-refractivity contribution in [2.75, 3.05) is 25.4 Å². The zero-order chi connectivity index (χ0) is 15.4. The van der Waals surface area contributed by atoms with Gasteiger partial charge in [0.05, 0.1) is 11.3 Å². The molecule has 0 aliphatic carbocycles. The zero-order valence-electron chi connectivity index (χ0n) is 12.2. The average molecular weight is 293 g/mol. The number of carbonyl (C=O) groups is 1. The molecule has 0 spiro atoms. The highest BCUT2D eigenvalue weighted by Gasteiger charge is 2.22. The number of nitrogens with zero attached hydrogens (tertiary/aromatic N) is 3. The monoisotopic (exact) mass is 293 g/mol. The number of aliphatic imine (C=N–C) groups is 1. The van der Waals surface area contributed by atoms with Crippen molar-refractivity contribution in [1.29, 1.82) is 0 Å². The first-order chi connectivity index (χ1) is 9.38. The fraction of sp³-hybridized carbons (Fsp3) is 0.286. The van der Waals surface area contributed by atoms with Crippen molar-refractivity contribution in [3.63, 3.8) is 0 Å². The Bertz CT molecular complexity index is 556. The lowest BCUT2D eigenvalue weighted by Gasteiger charge is -2.26. The van der Waals surface area contributed by atoms with Gasteiger partial charge >= 0.3 is 0 Å². The maximum absolute atomic E-state index is 11.2. The van der Waals surface area contributed by atoms with E-state index in [1.165, 1.54) is 12.1 Å². The molecule has 0 bridgehead atoms. The van der Waals surface area contributed by atoms with E-state index in [1.54, 1.807) is 13.0 Å². The Hall–Kier alpha value is -1.79. The molecule has 0 unspecified atom stereocenters. The number of aromatic hydroxyl groups is 1. The van der Waals surface area contributed by atoms with Crippen LogP contribution in [0.15, 0.2) is 11.6 Å². The first-order valence-electron chi connectivity index (χ1n) is 5.92. The third-order valence-corrected chi connectivity index (χ3v) is 3.58. The average Bonchev–Trinajstić information content (AvgIpc) is 2.37. The van der Waals surface area contributed by atoms with Crippen LogP contribution in [0, 0.1) is 6.92 Å². The van der Waals surface area contributed by atoms with Gasteiger partial charge in [0.15, 0.2) is 12.0 Å². The smallest absolute Gasteiger partial charge is 0.154 e. The molecule has 0 saturated heterocycles. The van der Waals surface area contributed by atoms with Crippen LogP contribution in [0.2, 0.25) is 0 Å². The van der Waals surface area contributed by atoms with Gasteiger partial charge in [0.2, 0.25) is 0 Å². The summed E-state index contributed by atoms with van der Waals surface area (Å²) >= 11 is 1.45. The lowest BCUT2D eigenvalue weighted by atomic mass is 9.99. The van der Waals surface area contributed by atoms with Gasteiger partial charge in [-0.15, -0.1) is 0 Å². The van der Waals surface area contributed by atoms with Crippen molar-refractivity contribution >= 4 is 42.6 Å². The van der Waals surface area contributed by atoms with E-state index >= 15 is 0 Å². The first kappa shape index (κ1) is 16.3. The van der Waals surface area contributed by atoms with Gasteiger partial charge in [-0.25, -0.2) is 4.31 Å². The number of rotatable bonds is 6. The molecule has 0 aliphatic rings. The molecule has 0 heterocycles. The summed E-state index contributed by atoms with van der Waals surface area (Å²) in [6.45, 7) is 9.00. The fourth-order valence-corrected chi connectivity index (χ4v) is 2.87. The summed E-state index contributed by atoms with van der Waals surface area (Å²) in [4.78, 5) is 15.1. The number of phenols is 1. The van der Waals surface area contributed by atoms with E-state index < -0.39 is 0 Å². The third-order valence-electron chi connectivity index (χ3n) is 2.83. The molecule has 0 aliphatic heterocycles. The van der Waals surface area contributed by atoms with E-state index in [0.29, 0.717) is 17.4 Å². The van der Waals surface area contributed by atoms with Crippen molar-refractivity contribution in [1.82, 2.24) is 4.31 Å². The third kappa shape index (κ3) is 2.86. The Morgan fingerprint density at radius 3 is 2.30 bits per heavy atom. The number of aldehydes is 1. The number of hydrogen-bond donors (Lipinski definition) is 1. The number of carbonyl (C=O) groups excluding carboxylic acids is 1. The molecule has 1 rings (SSSR count). The fourth-order valence-electron chi connectivity index (χ4n) is 2.06. The van der Waals surface area contributed by atoms with Gasteiger partial charge in [0.25, 0.3) is 0 Å². The van der Waals surface area contributed by atoms with Crippen LogP contribution in [-0.4, -0.2) is 43.6 Å². The highest BCUT2D eigenvalue weighted by atomic mass is 32.2. The van der Waals surface area contributed by atoms with Gasteiger partial charge in [0.1, 0.15) is 5.69 Å². The number of anilines is 1. The molecule has 1 N–H and O–H groups in total. The summed E-state index contributed by atoms with van der Waals surface area (Å²) in [5.74, 6) is -0.158. The molecule has 20 heavy (non-hydrogen) atoms. The highest BCUT2D eigenvalue weighted by Crippen LogP contribution is 2.44. The summed E-state index contributed by atoms with van der Waals surface area (Å²) < 4.78 is 3.81. The molecule has 5 nitrogen and oxygen atoms in total. The lowest BCUT2D eigenvalue weighted by Crippen LogP contribution is -2.17. The standard InChI is InChI=1S/C14H19N3O2S/c1-7-10-12(15-3)14(19)11(8-18)9(2)13(10)17(6)20-16(4)5/h7-8,19H,1,3H2,2,4-6H3. The molecular weight excluding hydrogens is 274 g/mol. The van der Waals surface area contributed by atoms with Crippen LogP contribution in [0.25, 0.3) is 6.08 Å². The quantitative estimate of drug-likeness (QED) is 0.496. The van der Waals surface area contributed by atoms with Gasteiger partial charge in [-0.3, -0.25) is 9.79 Å². The molecule has 0 fully saturated rings. The molecule has 0 aromatic heterocycles. The van der Waals surface area contributed by atoms with Crippen LogP contribution < -0.4 is 4.31 Å². The molecular formula is C14H19N3O2S. The number of benzene rings is 1. The molecule has 0 atom stereocenters. The molecule has 1 aromatic carbocycles. The second kappa shape index (κ2) is 6.58. The zero-order valence-corrected chi connectivity index (χ0v) is 13.0. The largest absolute Gasteiger partial charge is 0.505 e. The van der Waals surface area contributed by atoms with Crippen LogP contribution in [-0.2, 0) is 0 Å². The van der Waals surface area contributed by atoms with Crippen molar-refractivity contribution < 1.29 is 9.90 Å². The first-order valence-corrected chi connectivity index (χ1v) is 6.65. The van der Waals surface area contributed by atoms with Crippen LogP contribution in [0.3, 0.4) is 0 Å². The summed E-state index contributed by atoms with van der Waals surface area (Å²) in [7, 11) is 5.70. The summed E-state index contributed by atoms with van der Waals surface area (Å²) in [5.41, 5.74) is 2.60. The Morgan fingerprint density at radius 2 is 1.90 bits per heavy atom. The highest BCUT2D eigenvalue weighted by molar-refractivity contribution is 7.98. The van der Waals surface area contributed by atoms with E-state index in [0.717, 1.165) is 5.69 Å². The SMILES string of the molecule is C=Cc1c(N=C)c(O)c(C=O)c(C)c1N(C)SN(C)C. The van der Waals surface area contributed by atoms with E-state index in [1.807, 2.05) is 29.8 Å². The minimum absolute atomic E-state index is 0.158. The van der Waals surface area contributed by atoms with Gasteiger partial charge < -0.3 is 9.41 Å². The lowest BCUT2D eigenvalue weighted by molar-refractivity contribution is 0.112. The predicted molar refractivity (Wildman–Crippen MR) is 87.2 cm³/mol. The molecule has 0 radical (unpaired) electrons. The number of hydrogen-bond acceptors (Lipinski definition) is 6. The van der Waals surface area contributed by atoms with E-state index in [-0.39, 0.29) is 17.0 Å². The van der Waals surface area contributed by atoms with Crippen LogP contribution in [0.4, 0.5) is 11.4 Å². The Labute approximate surface area is 123 Å². The summed E-state index contributed by atoms with van der Waals surface area (Å²) in [6.07, 6.45) is 2.23. The topological polar surface area (TPSA) is 56.1 Å². The minimum Gasteiger partial charge on any atom is -0.505 e. The van der Waals surface area contributed by atoms with Crippen LogP contribution >= 0.6 is 12.1 Å². The van der Waals surface area contributed by atoms with Gasteiger partial charge in [-0.1, -0.05) is 12.7 Å². The normalized spacial score (nSPS) is 10.4. The predicted octanol–water partition coefficient (Wildman–Crippen LogP) is 3.05. The van der Waals surface area contributed by atoms with Gasteiger partial charge in [-0.2, -0.15) is 0 Å². The maximum Gasteiger partial charge on any atom is 0.154 e. The summed E-state index contributed by atoms with van der Waals surface area (Å²) in [5, 5.41) is 10.1. The second-order valence-corrected chi connectivity index (χ2v) is 5.81. The van der Waals surface area contributed by atoms with Crippen molar-refractivity contribution in [2.24, 2.45) is 4.99 Å². The maximum atomic E-state index is 11.2. The van der Waals surface area contributed by atoms with E-state index in [2.05, 4.69) is 18.3 Å². The molecule has 0 amide bonds. The van der Waals surface area contributed by atoms with E-state index in [9.17, 15) is 9.90 Å². The van der Waals surface area contributed by atoms with Crippen LogP contribution in [0.5, 0.6) is 5.75 Å². The van der Waals surface area contributed by atoms with Crippen molar-refractivity contribution in [3.05, 3.63) is 23.3 Å². The minimum atomic E-state index is -0.158. The van der Waals surface area contributed by atoms with E-state index in [4.69, 9.17) is 0 Å². The molecule has 6 heteroatoms. The van der Waals surface area contributed by atoms with Crippen LogP contribution in [0.1, 0.15) is 21.5 Å². The Kier molecular flexibility index (Phi) is 5.35. The molecule has 0 saturated carbocycles. The molecule has 1 aromatic rings. The van der Waals surface area contributed by atoms with Crippen molar-refractivity contribution in [2.45, 2.75) is 6.92 Å². The Morgan fingerprint density at radius 1 is 1.30 bits per heavy atom. The Balaban J connectivity index is 3.67. The second-order valence-electron chi connectivity index (χ2n) is 4.37. The summed E-state index contributed by atoms with van der Waals surface area (Å²) in [6, 6.07) is 0.